The molecule has 0 aliphatic rings. The summed E-state index contributed by atoms with van der Waals surface area (Å²) in [5, 5.41) is 3.14. The zero-order valence-electron chi connectivity index (χ0n) is 13.5. The first-order chi connectivity index (χ1) is 11.4. The van der Waals surface area contributed by atoms with Gasteiger partial charge in [-0.1, -0.05) is 12.1 Å². The Morgan fingerprint density at radius 2 is 1.92 bits per heavy atom. The smallest absolute Gasteiger partial charge is 0.244 e. The minimum atomic E-state index is -0.475. The largest absolute Gasteiger partial charge is 0.338 e. The minimum absolute atomic E-state index is 0.0375. The van der Waals surface area contributed by atoms with Crippen molar-refractivity contribution in [1.29, 1.82) is 0 Å². The maximum atomic E-state index is 13.4. The molecule has 0 spiro atoms. The number of pyridine rings is 1. The molecule has 1 aromatic heterocycles. The molecule has 3 rings (SSSR count). The lowest BCUT2D eigenvalue weighted by molar-refractivity contribution is -0.116. The summed E-state index contributed by atoms with van der Waals surface area (Å²) in [6, 6.07) is 11.2. The zero-order valence-corrected chi connectivity index (χ0v) is 13.5. The van der Waals surface area contributed by atoms with Gasteiger partial charge in [0.15, 0.2) is 5.43 Å². The summed E-state index contributed by atoms with van der Waals surface area (Å²) in [4.78, 5) is 24.2. The van der Waals surface area contributed by atoms with Crippen LogP contribution in [0.1, 0.15) is 11.1 Å². The Hall–Kier alpha value is -2.95. The monoisotopic (exact) mass is 324 g/mol. The SMILES string of the molecule is Cc1ccc(C)c(NC(=O)Cn2ccc(=O)c3cc(F)ccc32)c1. The Morgan fingerprint density at radius 3 is 2.71 bits per heavy atom. The molecule has 0 saturated heterocycles. The lowest BCUT2D eigenvalue weighted by Gasteiger charge is -2.13. The van der Waals surface area contributed by atoms with Crippen molar-refractivity contribution in [2.24, 2.45) is 0 Å². The van der Waals surface area contributed by atoms with Gasteiger partial charge in [-0.05, 0) is 49.2 Å². The van der Waals surface area contributed by atoms with E-state index in [1.165, 1.54) is 24.3 Å². The Bertz CT molecular complexity index is 992. The number of nitrogens with zero attached hydrogens (tertiary/aromatic N) is 1. The first-order valence-electron chi connectivity index (χ1n) is 7.60. The van der Waals surface area contributed by atoms with Gasteiger partial charge in [-0.3, -0.25) is 9.59 Å². The molecule has 0 bridgehead atoms. The quantitative estimate of drug-likeness (QED) is 0.803. The molecule has 0 radical (unpaired) electrons. The van der Waals surface area contributed by atoms with Crippen molar-refractivity contribution in [3.63, 3.8) is 0 Å². The maximum Gasteiger partial charge on any atom is 0.244 e. The highest BCUT2D eigenvalue weighted by molar-refractivity contribution is 5.92. The maximum absolute atomic E-state index is 13.4. The Morgan fingerprint density at radius 1 is 1.12 bits per heavy atom. The fourth-order valence-corrected chi connectivity index (χ4v) is 2.64. The second-order valence-electron chi connectivity index (χ2n) is 5.84. The number of carbonyl (C=O) groups excluding carboxylic acids is 1. The number of anilines is 1. The van der Waals surface area contributed by atoms with E-state index in [1.54, 1.807) is 10.8 Å². The van der Waals surface area contributed by atoms with Gasteiger partial charge in [-0.15, -0.1) is 0 Å². The number of benzene rings is 2. The van der Waals surface area contributed by atoms with Gasteiger partial charge in [0.2, 0.25) is 5.91 Å². The van der Waals surface area contributed by atoms with Crippen molar-refractivity contribution in [2.75, 3.05) is 5.32 Å². The van der Waals surface area contributed by atoms with E-state index < -0.39 is 5.82 Å². The Balaban J connectivity index is 1.90. The fourth-order valence-electron chi connectivity index (χ4n) is 2.64. The van der Waals surface area contributed by atoms with Crippen LogP contribution in [0, 0.1) is 19.7 Å². The number of hydrogen-bond acceptors (Lipinski definition) is 2. The molecule has 3 aromatic rings. The topological polar surface area (TPSA) is 51.1 Å². The van der Waals surface area contributed by atoms with Crippen molar-refractivity contribution in [1.82, 2.24) is 4.57 Å². The zero-order chi connectivity index (χ0) is 17.3. The number of aromatic nitrogens is 1. The van der Waals surface area contributed by atoms with Gasteiger partial charge < -0.3 is 9.88 Å². The van der Waals surface area contributed by atoms with E-state index in [9.17, 15) is 14.0 Å². The van der Waals surface area contributed by atoms with Crippen molar-refractivity contribution in [3.05, 3.63) is 75.8 Å². The molecule has 24 heavy (non-hydrogen) atoms. The van der Waals surface area contributed by atoms with Gasteiger partial charge in [-0.25, -0.2) is 4.39 Å². The number of amides is 1. The van der Waals surface area contributed by atoms with Crippen molar-refractivity contribution in [3.8, 4) is 0 Å². The molecule has 4 nitrogen and oxygen atoms in total. The summed E-state index contributed by atoms with van der Waals surface area (Å²) < 4.78 is 15.0. The highest BCUT2D eigenvalue weighted by Gasteiger charge is 2.09. The van der Waals surface area contributed by atoms with Gasteiger partial charge >= 0.3 is 0 Å². The van der Waals surface area contributed by atoms with E-state index in [0.29, 0.717) is 5.52 Å². The molecular weight excluding hydrogens is 307 g/mol. The number of rotatable bonds is 3. The molecule has 1 amide bonds. The highest BCUT2D eigenvalue weighted by atomic mass is 19.1. The molecule has 0 saturated carbocycles. The van der Waals surface area contributed by atoms with Crippen LogP contribution in [-0.2, 0) is 11.3 Å². The third-order valence-electron chi connectivity index (χ3n) is 3.92. The van der Waals surface area contributed by atoms with Gasteiger partial charge in [0.05, 0.1) is 5.52 Å². The number of carbonyl (C=O) groups is 1. The van der Waals surface area contributed by atoms with Crippen molar-refractivity contribution in [2.45, 2.75) is 20.4 Å². The normalized spacial score (nSPS) is 10.8. The number of nitrogens with one attached hydrogen (secondary N) is 1. The predicted octanol–water partition coefficient (Wildman–Crippen LogP) is 3.40. The average Bonchev–Trinajstić information content (AvgIpc) is 2.54. The van der Waals surface area contributed by atoms with E-state index in [1.807, 2.05) is 32.0 Å². The summed E-state index contributed by atoms with van der Waals surface area (Å²) in [5.74, 6) is -0.685. The number of fused-ring (bicyclic) bond motifs is 1. The van der Waals surface area contributed by atoms with Crippen LogP contribution in [0.25, 0.3) is 10.9 Å². The summed E-state index contributed by atoms with van der Waals surface area (Å²) >= 11 is 0. The lowest BCUT2D eigenvalue weighted by atomic mass is 10.1. The second kappa shape index (κ2) is 6.28. The molecule has 2 aromatic carbocycles. The fraction of sp³-hybridized carbons (Fsp3) is 0.158. The molecule has 1 N–H and O–H groups in total. The van der Waals surface area contributed by atoms with Crippen LogP contribution in [0.2, 0.25) is 0 Å². The van der Waals surface area contributed by atoms with Gasteiger partial charge in [0.25, 0.3) is 0 Å². The predicted molar refractivity (Wildman–Crippen MR) is 92.7 cm³/mol. The molecule has 122 valence electrons. The van der Waals surface area contributed by atoms with E-state index in [0.717, 1.165) is 16.8 Å². The molecule has 0 aliphatic carbocycles. The van der Waals surface area contributed by atoms with Gasteiger partial charge in [-0.2, -0.15) is 0 Å². The summed E-state index contributed by atoms with van der Waals surface area (Å²) in [7, 11) is 0. The van der Waals surface area contributed by atoms with Crippen LogP contribution in [0.3, 0.4) is 0 Å². The van der Waals surface area contributed by atoms with E-state index in [2.05, 4.69) is 5.32 Å². The molecule has 5 heteroatoms. The summed E-state index contributed by atoms with van der Waals surface area (Å²) in [5.41, 5.74) is 3.05. The third-order valence-corrected chi connectivity index (χ3v) is 3.92. The van der Waals surface area contributed by atoms with Gasteiger partial charge in [0, 0.05) is 23.3 Å². The van der Waals surface area contributed by atoms with Crippen LogP contribution in [0.4, 0.5) is 10.1 Å². The number of aryl methyl sites for hydroxylation is 2. The van der Waals surface area contributed by atoms with Crippen LogP contribution in [0.5, 0.6) is 0 Å². The molecule has 1 heterocycles. The first kappa shape index (κ1) is 15.9. The van der Waals surface area contributed by atoms with E-state index in [-0.39, 0.29) is 23.3 Å². The van der Waals surface area contributed by atoms with Crippen LogP contribution in [0.15, 0.2) is 53.5 Å². The standard InChI is InChI=1S/C19H17FN2O2/c1-12-3-4-13(2)16(9-12)21-19(24)11-22-8-7-18(23)15-10-14(20)5-6-17(15)22/h3-10H,11H2,1-2H3,(H,21,24). The lowest BCUT2D eigenvalue weighted by Crippen LogP contribution is -2.21. The van der Waals surface area contributed by atoms with Gasteiger partial charge in [0.1, 0.15) is 12.4 Å². The average molecular weight is 324 g/mol. The highest BCUT2D eigenvalue weighted by Crippen LogP contribution is 2.17. The Kier molecular flexibility index (Phi) is 4.16. The summed E-state index contributed by atoms with van der Waals surface area (Å²) in [6.07, 6.45) is 1.55. The van der Waals surface area contributed by atoms with Crippen LogP contribution < -0.4 is 10.7 Å². The molecule has 0 atom stereocenters. The number of hydrogen-bond donors (Lipinski definition) is 1. The number of halogens is 1. The first-order valence-corrected chi connectivity index (χ1v) is 7.60. The molecular formula is C19H17FN2O2. The third kappa shape index (κ3) is 3.20. The second-order valence-corrected chi connectivity index (χ2v) is 5.84. The van der Waals surface area contributed by atoms with Crippen LogP contribution in [-0.4, -0.2) is 10.5 Å². The molecule has 0 unspecified atom stereocenters. The molecule has 0 fully saturated rings. The minimum Gasteiger partial charge on any atom is -0.338 e. The summed E-state index contributed by atoms with van der Waals surface area (Å²) in [6.45, 7) is 3.92. The molecule has 0 aliphatic heterocycles. The van der Waals surface area contributed by atoms with Crippen LogP contribution >= 0.6 is 0 Å². The van der Waals surface area contributed by atoms with E-state index in [4.69, 9.17) is 0 Å². The van der Waals surface area contributed by atoms with E-state index >= 15 is 0 Å². The van der Waals surface area contributed by atoms with Crippen molar-refractivity contribution >= 4 is 22.5 Å². The van der Waals surface area contributed by atoms with Crippen molar-refractivity contribution < 1.29 is 9.18 Å². The Labute approximate surface area is 138 Å².